The molecule has 0 radical (unpaired) electrons. The molecule has 0 aliphatic carbocycles. The molecule has 0 fully saturated rings. The number of hydrogen-bond donors (Lipinski definition) is 1. The second kappa shape index (κ2) is 5.80. The van der Waals surface area contributed by atoms with Crippen molar-refractivity contribution in [1.29, 1.82) is 5.26 Å². The molecule has 3 aromatic rings. The molecule has 1 atom stereocenters. The molecule has 0 saturated heterocycles. The third-order valence-electron chi connectivity index (χ3n) is 3.70. The molecule has 3 heterocycles. The molecule has 0 aliphatic rings. The smallest absolute Gasteiger partial charge is 0.137 e. The summed E-state index contributed by atoms with van der Waals surface area (Å²) in [5.74, 6) is 0. The van der Waals surface area contributed by atoms with Crippen LogP contribution >= 0.6 is 0 Å². The van der Waals surface area contributed by atoms with Crippen LogP contribution < -0.4 is 0 Å². The number of hydrogen-bond acceptors (Lipinski definition) is 3. The Bertz CT molecular complexity index is 777. The van der Waals surface area contributed by atoms with Crippen molar-refractivity contribution in [2.75, 3.05) is 0 Å². The molecule has 5 nitrogen and oxygen atoms in total. The zero-order chi connectivity index (χ0) is 14.7. The first-order valence-corrected chi connectivity index (χ1v) is 7.17. The van der Waals surface area contributed by atoms with Crippen molar-refractivity contribution in [1.82, 2.24) is 19.7 Å². The molecule has 0 aromatic carbocycles. The van der Waals surface area contributed by atoms with Gasteiger partial charge in [0.05, 0.1) is 24.7 Å². The fraction of sp³-hybridized carbons (Fsp3) is 0.312. The van der Waals surface area contributed by atoms with Crippen LogP contribution in [0.1, 0.15) is 32.2 Å². The van der Waals surface area contributed by atoms with E-state index in [4.69, 9.17) is 5.26 Å². The van der Waals surface area contributed by atoms with E-state index in [0.29, 0.717) is 6.42 Å². The summed E-state index contributed by atoms with van der Waals surface area (Å²) in [4.78, 5) is 7.42. The van der Waals surface area contributed by atoms with E-state index < -0.39 is 0 Å². The molecule has 0 aliphatic heterocycles. The maximum absolute atomic E-state index is 8.96. The minimum atomic E-state index is 0.150. The van der Waals surface area contributed by atoms with Crippen LogP contribution in [0, 0.1) is 11.3 Å². The third-order valence-corrected chi connectivity index (χ3v) is 3.70. The molecule has 3 aromatic heterocycles. The van der Waals surface area contributed by atoms with E-state index in [1.54, 1.807) is 6.20 Å². The summed E-state index contributed by atoms with van der Waals surface area (Å²) in [6.45, 7) is 2.13. The summed E-state index contributed by atoms with van der Waals surface area (Å²) in [6, 6.07) is 6.42. The minimum Gasteiger partial charge on any atom is -0.346 e. The molecular formula is C16H17N5. The maximum Gasteiger partial charge on any atom is 0.137 e. The van der Waals surface area contributed by atoms with Gasteiger partial charge in [-0.25, -0.2) is 4.98 Å². The van der Waals surface area contributed by atoms with Crippen LogP contribution in [-0.4, -0.2) is 19.7 Å². The lowest BCUT2D eigenvalue weighted by atomic mass is 10.1. The summed E-state index contributed by atoms with van der Waals surface area (Å²) >= 11 is 0. The molecule has 0 spiro atoms. The summed E-state index contributed by atoms with van der Waals surface area (Å²) < 4.78 is 1.92. The second-order valence-corrected chi connectivity index (χ2v) is 5.11. The van der Waals surface area contributed by atoms with Crippen molar-refractivity contribution in [2.45, 2.75) is 32.2 Å². The van der Waals surface area contributed by atoms with Gasteiger partial charge in [0.2, 0.25) is 0 Å². The molecule has 0 saturated carbocycles. The van der Waals surface area contributed by atoms with Crippen molar-refractivity contribution in [3.63, 3.8) is 0 Å². The molecule has 0 amide bonds. The number of rotatable bonds is 5. The Morgan fingerprint density at radius 3 is 3.14 bits per heavy atom. The van der Waals surface area contributed by atoms with Gasteiger partial charge in [0.15, 0.2) is 0 Å². The van der Waals surface area contributed by atoms with Gasteiger partial charge in [0, 0.05) is 29.5 Å². The Kier molecular flexibility index (Phi) is 3.69. The summed E-state index contributed by atoms with van der Waals surface area (Å²) in [7, 11) is 0. The molecule has 21 heavy (non-hydrogen) atoms. The average Bonchev–Trinajstić information content (AvgIpc) is 3.15. The molecule has 3 rings (SSSR count). The maximum atomic E-state index is 8.96. The number of aromatic nitrogens is 4. The highest BCUT2D eigenvalue weighted by Crippen LogP contribution is 2.28. The third kappa shape index (κ3) is 2.52. The topological polar surface area (TPSA) is 70.3 Å². The van der Waals surface area contributed by atoms with Gasteiger partial charge in [0.1, 0.15) is 5.65 Å². The van der Waals surface area contributed by atoms with Crippen LogP contribution in [0.2, 0.25) is 0 Å². The lowest BCUT2D eigenvalue weighted by Gasteiger charge is -2.12. The SMILES string of the molecule is CCCC(CC#N)n1cc(-c2ccnc3[nH]ccc23)cn1. The average molecular weight is 279 g/mol. The number of H-pyrrole nitrogens is 1. The minimum absolute atomic E-state index is 0.150. The first-order chi connectivity index (χ1) is 10.3. The predicted molar refractivity (Wildman–Crippen MR) is 81.5 cm³/mol. The number of nitrogens with zero attached hydrogens (tertiary/aromatic N) is 4. The molecule has 0 bridgehead atoms. The predicted octanol–water partition coefficient (Wildman–Crippen LogP) is 3.68. The number of pyridine rings is 1. The Morgan fingerprint density at radius 2 is 2.33 bits per heavy atom. The van der Waals surface area contributed by atoms with Crippen molar-refractivity contribution in [3.8, 4) is 17.2 Å². The van der Waals surface area contributed by atoms with Crippen molar-refractivity contribution < 1.29 is 0 Å². The van der Waals surface area contributed by atoms with E-state index in [2.05, 4.69) is 28.1 Å². The lowest BCUT2D eigenvalue weighted by molar-refractivity contribution is 0.428. The van der Waals surface area contributed by atoms with Gasteiger partial charge in [-0.3, -0.25) is 4.68 Å². The Hall–Kier alpha value is -2.61. The van der Waals surface area contributed by atoms with Gasteiger partial charge >= 0.3 is 0 Å². The number of nitriles is 1. The van der Waals surface area contributed by atoms with E-state index in [9.17, 15) is 0 Å². The number of fused-ring (bicyclic) bond motifs is 1. The first kappa shape index (κ1) is 13.4. The van der Waals surface area contributed by atoms with Crippen LogP contribution in [0.3, 0.4) is 0 Å². The summed E-state index contributed by atoms with van der Waals surface area (Å²) in [6.07, 6.45) is 10.1. The van der Waals surface area contributed by atoms with Crippen LogP contribution in [0.5, 0.6) is 0 Å². The van der Waals surface area contributed by atoms with Crippen molar-refractivity contribution >= 4 is 11.0 Å². The Balaban J connectivity index is 1.98. The van der Waals surface area contributed by atoms with Crippen LogP contribution in [-0.2, 0) is 0 Å². The summed E-state index contributed by atoms with van der Waals surface area (Å²) in [5.41, 5.74) is 3.04. The van der Waals surface area contributed by atoms with Crippen LogP contribution in [0.15, 0.2) is 36.9 Å². The van der Waals surface area contributed by atoms with Crippen molar-refractivity contribution in [3.05, 3.63) is 36.9 Å². The van der Waals surface area contributed by atoms with Crippen LogP contribution in [0.25, 0.3) is 22.2 Å². The van der Waals surface area contributed by atoms with Gasteiger partial charge in [0.25, 0.3) is 0 Å². The van der Waals surface area contributed by atoms with E-state index in [0.717, 1.165) is 35.0 Å². The highest BCUT2D eigenvalue weighted by atomic mass is 15.3. The van der Waals surface area contributed by atoms with Gasteiger partial charge in [-0.05, 0) is 24.1 Å². The van der Waals surface area contributed by atoms with Gasteiger partial charge < -0.3 is 4.98 Å². The van der Waals surface area contributed by atoms with E-state index in [1.165, 1.54) is 0 Å². The summed E-state index contributed by atoms with van der Waals surface area (Å²) in [5, 5.41) is 14.5. The molecular weight excluding hydrogens is 262 g/mol. The fourth-order valence-corrected chi connectivity index (χ4v) is 2.66. The molecule has 1 N–H and O–H groups in total. The molecule has 106 valence electrons. The van der Waals surface area contributed by atoms with Gasteiger partial charge in [-0.2, -0.15) is 10.4 Å². The van der Waals surface area contributed by atoms with Crippen molar-refractivity contribution in [2.24, 2.45) is 0 Å². The zero-order valence-electron chi connectivity index (χ0n) is 12.0. The highest BCUT2D eigenvalue weighted by molar-refractivity contribution is 5.92. The Labute approximate surface area is 123 Å². The largest absolute Gasteiger partial charge is 0.346 e. The monoisotopic (exact) mass is 279 g/mol. The van der Waals surface area contributed by atoms with E-state index in [1.807, 2.05) is 35.4 Å². The number of nitrogens with one attached hydrogen (secondary N) is 1. The van der Waals surface area contributed by atoms with E-state index in [-0.39, 0.29) is 6.04 Å². The lowest BCUT2D eigenvalue weighted by Crippen LogP contribution is -2.08. The molecule has 1 unspecified atom stereocenters. The van der Waals surface area contributed by atoms with Gasteiger partial charge in [-0.15, -0.1) is 0 Å². The molecule has 5 heteroatoms. The Morgan fingerprint density at radius 1 is 1.43 bits per heavy atom. The van der Waals surface area contributed by atoms with Gasteiger partial charge in [-0.1, -0.05) is 13.3 Å². The first-order valence-electron chi connectivity index (χ1n) is 7.17. The normalized spacial score (nSPS) is 12.4. The standard InChI is InChI=1S/C16H17N5/c1-2-3-13(4-7-17)21-11-12(10-20-21)14-5-8-18-16-15(14)6-9-19-16/h5-6,8-11,13H,2-4H2,1H3,(H,18,19). The quantitative estimate of drug-likeness (QED) is 0.774. The van der Waals surface area contributed by atoms with Crippen LogP contribution in [0.4, 0.5) is 0 Å². The second-order valence-electron chi connectivity index (χ2n) is 5.11. The van der Waals surface area contributed by atoms with E-state index >= 15 is 0 Å². The fourth-order valence-electron chi connectivity index (χ4n) is 2.66. The number of aromatic amines is 1. The highest BCUT2D eigenvalue weighted by Gasteiger charge is 2.13. The zero-order valence-corrected chi connectivity index (χ0v) is 12.0.